The first-order valence-corrected chi connectivity index (χ1v) is 7.39. The van der Waals surface area contributed by atoms with Crippen molar-refractivity contribution < 1.29 is 9.57 Å². The summed E-state index contributed by atoms with van der Waals surface area (Å²) < 4.78 is 5.99. The molecule has 2 saturated heterocycles. The van der Waals surface area contributed by atoms with Gasteiger partial charge in [0.05, 0.1) is 6.04 Å². The molecule has 3 aliphatic heterocycles. The third kappa shape index (κ3) is 3.38. The van der Waals surface area contributed by atoms with Crippen molar-refractivity contribution in [3.8, 4) is 0 Å². The predicted octanol–water partition coefficient (Wildman–Crippen LogP) is -0.110. The molecule has 0 amide bonds. The Labute approximate surface area is 114 Å². The van der Waals surface area contributed by atoms with E-state index >= 15 is 0 Å². The number of piperidine rings is 1. The molecule has 0 aromatic carbocycles. The highest BCUT2D eigenvalue weighted by Gasteiger charge is 2.32. The number of nitrogens with one attached hydrogen (secondary N) is 1. The Morgan fingerprint density at radius 2 is 2.16 bits per heavy atom. The Morgan fingerprint density at radius 3 is 2.89 bits per heavy atom. The quantitative estimate of drug-likeness (QED) is 0.747. The Hall–Kier alpha value is -0.850. The summed E-state index contributed by atoms with van der Waals surface area (Å²) in [7, 11) is 0. The lowest BCUT2D eigenvalue weighted by Crippen LogP contribution is -2.45. The number of hydrogen-bond acceptors (Lipinski definition) is 6. The Morgan fingerprint density at radius 1 is 1.32 bits per heavy atom. The summed E-state index contributed by atoms with van der Waals surface area (Å²) in [6, 6.07) is 0.318. The topological polar surface area (TPSA) is 72.1 Å². The molecule has 3 rings (SSSR count). The number of hydrogen-bond donors (Lipinski definition) is 2. The lowest BCUT2D eigenvalue weighted by atomic mass is 10.1. The molecule has 0 aromatic rings. The fourth-order valence-electron chi connectivity index (χ4n) is 3.03. The lowest BCUT2D eigenvalue weighted by molar-refractivity contribution is -0.0133. The van der Waals surface area contributed by atoms with Gasteiger partial charge in [0.1, 0.15) is 6.10 Å². The molecule has 0 bridgehead atoms. The van der Waals surface area contributed by atoms with Crippen LogP contribution in [0.5, 0.6) is 0 Å². The van der Waals surface area contributed by atoms with E-state index in [9.17, 15) is 0 Å². The van der Waals surface area contributed by atoms with Crippen molar-refractivity contribution in [3.63, 3.8) is 0 Å². The molecule has 3 heterocycles. The molecule has 6 heteroatoms. The van der Waals surface area contributed by atoms with Crippen LogP contribution in [0.15, 0.2) is 5.16 Å². The maximum absolute atomic E-state index is 5.99. The summed E-state index contributed by atoms with van der Waals surface area (Å²) in [6.07, 6.45) is 4.93. The zero-order chi connectivity index (χ0) is 13.1. The molecule has 108 valence electrons. The Kier molecular flexibility index (Phi) is 4.20. The van der Waals surface area contributed by atoms with Crippen molar-refractivity contribution >= 4 is 5.90 Å². The van der Waals surface area contributed by atoms with Gasteiger partial charge < -0.3 is 20.6 Å². The molecule has 0 aromatic heterocycles. The van der Waals surface area contributed by atoms with Gasteiger partial charge in [-0.25, -0.2) is 0 Å². The summed E-state index contributed by atoms with van der Waals surface area (Å²) in [5, 5.41) is 7.37. The fraction of sp³-hybridized carbons (Fsp3) is 0.923. The number of nitrogens with two attached hydrogens (primary N) is 1. The number of rotatable bonds is 3. The third-order valence-electron chi connectivity index (χ3n) is 4.08. The maximum atomic E-state index is 5.99. The molecule has 0 aliphatic carbocycles. The van der Waals surface area contributed by atoms with Crippen LogP contribution in [-0.4, -0.2) is 61.8 Å². The molecule has 0 radical (unpaired) electrons. The van der Waals surface area contributed by atoms with Gasteiger partial charge in [-0.05, 0) is 32.4 Å². The Bertz CT molecular complexity index is 331. The summed E-state index contributed by atoms with van der Waals surface area (Å²) in [4.78, 5) is 7.81. The molecular weight excluding hydrogens is 244 g/mol. The minimum Gasteiger partial charge on any atom is -0.469 e. The largest absolute Gasteiger partial charge is 0.469 e. The van der Waals surface area contributed by atoms with Crippen molar-refractivity contribution in [2.24, 2.45) is 10.9 Å². The van der Waals surface area contributed by atoms with Crippen LogP contribution in [0.4, 0.5) is 0 Å². The van der Waals surface area contributed by atoms with E-state index < -0.39 is 0 Å². The van der Waals surface area contributed by atoms with Crippen LogP contribution in [0.3, 0.4) is 0 Å². The average molecular weight is 268 g/mol. The number of ether oxygens (including phenoxy) is 1. The second kappa shape index (κ2) is 6.07. The summed E-state index contributed by atoms with van der Waals surface area (Å²) in [6.45, 7) is 4.68. The lowest BCUT2D eigenvalue weighted by Gasteiger charge is -2.32. The fourth-order valence-corrected chi connectivity index (χ4v) is 3.03. The highest BCUT2D eigenvalue weighted by molar-refractivity contribution is 5.82. The van der Waals surface area contributed by atoms with Crippen LogP contribution in [0, 0.1) is 0 Å². The Balaban J connectivity index is 1.50. The predicted molar refractivity (Wildman–Crippen MR) is 72.9 cm³/mol. The van der Waals surface area contributed by atoms with E-state index in [1.807, 2.05) is 0 Å². The van der Waals surface area contributed by atoms with E-state index in [4.69, 9.17) is 15.3 Å². The molecule has 6 nitrogen and oxygen atoms in total. The van der Waals surface area contributed by atoms with Gasteiger partial charge in [0.25, 0.3) is 0 Å². The van der Waals surface area contributed by atoms with Gasteiger partial charge in [-0.15, -0.1) is 0 Å². The van der Waals surface area contributed by atoms with Gasteiger partial charge in [0.2, 0.25) is 5.90 Å². The normalized spacial score (nSPS) is 36.5. The molecule has 0 spiro atoms. The number of oxime groups is 1. The first-order chi connectivity index (χ1) is 9.31. The molecule has 1 unspecified atom stereocenters. The number of nitrogens with zero attached hydrogens (tertiary/aromatic N) is 2. The third-order valence-corrected chi connectivity index (χ3v) is 4.08. The molecule has 0 saturated carbocycles. The monoisotopic (exact) mass is 268 g/mol. The molecule has 2 fully saturated rings. The molecular formula is C13H24N4O2. The van der Waals surface area contributed by atoms with Crippen molar-refractivity contribution in [1.82, 2.24) is 10.2 Å². The van der Waals surface area contributed by atoms with Crippen molar-refractivity contribution in [2.45, 2.75) is 43.9 Å². The average Bonchev–Trinajstić information content (AvgIpc) is 2.87. The summed E-state index contributed by atoms with van der Waals surface area (Å²) in [5.74, 6) is 0.682. The smallest absolute Gasteiger partial charge is 0.243 e. The van der Waals surface area contributed by atoms with Crippen LogP contribution < -0.4 is 11.1 Å². The SMILES string of the molecule is N[C@@H]1CN[C@H](C2=NOCC(CN3CCCCC3)O2)C1. The van der Waals surface area contributed by atoms with E-state index in [-0.39, 0.29) is 18.2 Å². The van der Waals surface area contributed by atoms with Crippen molar-refractivity contribution in [1.29, 1.82) is 0 Å². The standard InChI is InChI=1S/C13H24N4O2/c14-10-6-12(15-7-10)13-16-18-9-11(19-13)8-17-4-2-1-3-5-17/h10-12,15H,1-9,14H2/t10-,11?,12-/m0/s1. The van der Waals surface area contributed by atoms with Crippen LogP contribution in [-0.2, 0) is 9.57 Å². The van der Waals surface area contributed by atoms with Gasteiger partial charge in [0.15, 0.2) is 6.61 Å². The van der Waals surface area contributed by atoms with Gasteiger partial charge in [0, 0.05) is 19.1 Å². The minimum atomic E-state index is 0.101. The first-order valence-electron chi connectivity index (χ1n) is 7.39. The van der Waals surface area contributed by atoms with E-state index in [0.717, 1.165) is 19.5 Å². The van der Waals surface area contributed by atoms with Crippen LogP contribution in [0.2, 0.25) is 0 Å². The second-order valence-electron chi connectivity index (χ2n) is 5.78. The highest BCUT2D eigenvalue weighted by Crippen LogP contribution is 2.15. The first kappa shape index (κ1) is 13.1. The van der Waals surface area contributed by atoms with Gasteiger partial charge in [-0.3, -0.25) is 4.90 Å². The molecule has 3 aliphatic rings. The minimum absolute atomic E-state index is 0.101. The van der Waals surface area contributed by atoms with Crippen molar-refractivity contribution in [3.05, 3.63) is 0 Å². The number of likely N-dealkylation sites (tertiary alicyclic amines) is 1. The van der Waals surface area contributed by atoms with Gasteiger partial charge in [-0.1, -0.05) is 11.6 Å². The second-order valence-corrected chi connectivity index (χ2v) is 5.78. The summed E-state index contributed by atoms with van der Waals surface area (Å²) in [5.41, 5.74) is 5.89. The van der Waals surface area contributed by atoms with Crippen molar-refractivity contribution in [2.75, 3.05) is 32.8 Å². The van der Waals surface area contributed by atoms with Gasteiger partial charge in [-0.2, -0.15) is 0 Å². The van der Waals surface area contributed by atoms with E-state index in [1.165, 1.54) is 32.4 Å². The highest BCUT2D eigenvalue weighted by atomic mass is 16.7. The van der Waals surface area contributed by atoms with E-state index in [2.05, 4.69) is 15.4 Å². The maximum Gasteiger partial charge on any atom is 0.243 e. The molecule has 19 heavy (non-hydrogen) atoms. The zero-order valence-electron chi connectivity index (χ0n) is 11.4. The van der Waals surface area contributed by atoms with Crippen LogP contribution in [0.1, 0.15) is 25.7 Å². The van der Waals surface area contributed by atoms with Crippen LogP contribution >= 0.6 is 0 Å². The molecule has 3 atom stereocenters. The van der Waals surface area contributed by atoms with E-state index in [0.29, 0.717) is 12.5 Å². The van der Waals surface area contributed by atoms with Crippen LogP contribution in [0.25, 0.3) is 0 Å². The van der Waals surface area contributed by atoms with E-state index in [1.54, 1.807) is 0 Å². The zero-order valence-corrected chi connectivity index (χ0v) is 11.4. The molecule has 3 N–H and O–H groups in total. The summed E-state index contributed by atoms with van der Waals surface area (Å²) >= 11 is 0. The van der Waals surface area contributed by atoms with Gasteiger partial charge >= 0.3 is 0 Å².